The second-order valence-corrected chi connectivity index (χ2v) is 4.78. The second kappa shape index (κ2) is 6.36. The minimum Gasteiger partial charge on any atom is -0.378 e. The molecule has 19 heavy (non-hydrogen) atoms. The van der Waals surface area contributed by atoms with Gasteiger partial charge in [0.2, 0.25) is 5.91 Å². The summed E-state index contributed by atoms with van der Waals surface area (Å²) in [6, 6.07) is 0. The third-order valence-corrected chi connectivity index (χ3v) is 3.70. The van der Waals surface area contributed by atoms with Gasteiger partial charge in [0.05, 0.1) is 18.9 Å². The zero-order chi connectivity index (χ0) is 13.8. The lowest BCUT2D eigenvalue weighted by Crippen LogP contribution is -2.55. The van der Waals surface area contributed by atoms with E-state index >= 15 is 0 Å². The number of methoxy groups -OCH3 is 2. The third kappa shape index (κ3) is 3.08. The fraction of sp³-hybridized carbons (Fsp3) is 0.769. The Kier molecular flexibility index (Phi) is 4.79. The van der Waals surface area contributed by atoms with E-state index in [2.05, 4.69) is 12.2 Å². The van der Waals surface area contributed by atoms with Crippen molar-refractivity contribution in [1.82, 2.24) is 10.2 Å². The van der Waals surface area contributed by atoms with E-state index in [1.165, 1.54) is 6.08 Å². The quantitative estimate of drug-likeness (QED) is 0.803. The summed E-state index contributed by atoms with van der Waals surface area (Å²) in [6.45, 7) is 2.53. The van der Waals surface area contributed by atoms with Gasteiger partial charge in [0.25, 0.3) is 0 Å². The van der Waals surface area contributed by atoms with Crippen molar-refractivity contribution < 1.29 is 19.0 Å². The van der Waals surface area contributed by atoms with Gasteiger partial charge in [-0.2, -0.15) is 0 Å². The van der Waals surface area contributed by atoms with Crippen LogP contribution in [0.1, 0.15) is 19.8 Å². The van der Waals surface area contributed by atoms with Crippen LogP contribution >= 0.6 is 0 Å². The van der Waals surface area contributed by atoms with E-state index in [0.717, 1.165) is 6.42 Å². The van der Waals surface area contributed by atoms with Gasteiger partial charge in [-0.15, -0.1) is 0 Å². The lowest BCUT2D eigenvalue weighted by Gasteiger charge is -2.44. The van der Waals surface area contributed by atoms with Crippen LogP contribution < -0.4 is 5.32 Å². The normalized spacial score (nSPS) is 35.3. The lowest BCUT2D eigenvalue weighted by molar-refractivity contribution is -0.216. The summed E-state index contributed by atoms with van der Waals surface area (Å²) < 4.78 is 17.1. The van der Waals surface area contributed by atoms with Crippen molar-refractivity contribution in [1.29, 1.82) is 0 Å². The number of amides is 1. The van der Waals surface area contributed by atoms with Crippen molar-refractivity contribution in [3.63, 3.8) is 0 Å². The number of hydrogen-bond donors (Lipinski definition) is 1. The van der Waals surface area contributed by atoms with Crippen LogP contribution in [0.15, 0.2) is 12.3 Å². The summed E-state index contributed by atoms with van der Waals surface area (Å²) >= 11 is 0. The molecule has 108 valence electrons. The molecule has 4 atom stereocenters. The lowest BCUT2D eigenvalue weighted by atomic mass is 9.98. The zero-order valence-electron chi connectivity index (χ0n) is 11.7. The van der Waals surface area contributed by atoms with Crippen LogP contribution in [-0.2, 0) is 19.0 Å². The number of carbonyl (C=O) groups is 1. The van der Waals surface area contributed by atoms with Crippen molar-refractivity contribution >= 4 is 5.91 Å². The Bertz CT molecular complexity index is 334. The SMILES string of the molecule is CC[C@H]1OC(N2C=CC(=O)NC2)CC(OC)C1OC. The van der Waals surface area contributed by atoms with E-state index in [9.17, 15) is 4.79 Å². The van der Waals surface area contributed by atoms with E-state index in [1.54, 1.807) is 20.4 Å². The molecule has 0 bridgehead atoms. The number of nitrogens with one attached hydrogen (secondary N) is 1. The Morgan fingerprint density at radius 2 is 2.26 bits per heavy atom. The minimum absolute atomic E-state index is 0.000252. The standard InChI is InChI=1S/C13H22N2O4/c1-4-9-13(18-3)10(17-2)7-12(19-9)15-6-5-11(16)14-8-15/h5-6,9-10,12-13H,4,7-8H2,1-3H3,(H,14,16)/t9-,10?,12?,13?/m1/s1. The first-order chi connectivity index (χ1) is 9.19. The predicted octanol–water partition coefficient (Wildman–Crippen LogP) is 0.444. The molecular weight excluding hydrogens is 248 g/mol. The van der Waals surface area contributed by atoms with Crippen molar-refractivity contribution in [3.8, 4) is 0 Å². The maximum absolute atomic E-state index is 11.1. The summed E-state index contributed by atoms with van der Waals surface area (Å²) in [6.07, 6.45) is 4.71. The Hall–Kier alpha value is -1.11. The van der Waals surface area contributed by atoms with Gasteiger partial charge < -0.3 is 24.4 Å². The van der Waals surface area contributed by atoms with Crippen LogP contribution in [0.4, 0.5) is 0 Å². The van der Waals surface area contributed by atoms with Gasteiger partial charge in [0.1, 0.15) is 12.3 Å². The average molecular weight is 270 g/mol. The monoisotopic (exact) mass is 270 g/mol. The predicted molar refractivity (Wildman–Crippen MR) is 69.2 cm³/mol. The summed E-state index contributed by atoms with van der Waals surface area (Å²) in [7, 11) is 3.38. The second-order valence-electron chi connectivity index (χ2n) is 4.78. The first-order valence-corrected chi connectivity index (χ1v) is 6.62. The number of nitrogens with zero attached hydrogens (tertiary/aromatic N) is 1. The first-order valence-electron chi connectivity index (χ1n) is 6.62. The molecule has 2 rings (SSSR count). The molecule has 3 unspecified atom stereocenters. The van der Waals surface area contributed by atoms with Crippen LogP contribution in [0.25, 0.3) is 0 Å². The van der Waals surface area contributed by atoms with Gasteiger partial charge >= 0.3 is 0 Å². The number of ether oxygens (including phenoxy) is 3. The Morgan fingerprint density at radius 3 is 2.79 bits per heavy atom. The van der Waals surface area contributed by atoms with Gasteiger partial charge in [0, 0.05) is 32.9 Å². The number of carbonyl (C=O) groups excluding carboxylic acids is 1. The Labute approximate surface area is 113 Å². The van der Waals surface area contributed by atoms with Crippen LogP contribution in [0.5, 0.6) is 0 Å². The molecule has 0 aromatic rings. The fourth-order valence-electron chi connectivity index (χ4n) is 2.63. The summed E-state index contributed by atoms with van der Waals surface area (Å²) in [4.78, 5) is 13.1. The van der Waals surface area contributed by atoms with Crippen LogP contribution in [0.3, 0.4) is 0 Å². The highest BCUT2D eigenvalue weighted by Crippen LogP contribution is 2.28. The molecule has 2 aliphatic rings. The van der Waals surface area contributed by atoms with Crippen molar-refractivity contribution in [2.45, 2.75) is 44.3 Å². The van der Waals surface area contributed by atoms with E-state index in [-0.39, 0.29) is 30.4 Å². The van der Waals surface area contributed by atoms with E-state index < -0.39 is 0 Å². The maximum atomic E-state index is 11.1. The summed E-state index contributed by atoms with van der Waals surface area (Å²) in [5.41, 5.74) is 0. The molecule has 1 saturated heterocycles. The van der Waals surface area contributed by atoms with Gasteiger partial charge in [-0.05, 0) is 6.42 Å². The average Bonchev–Trinajstić information content (AvgIpc) is 2.46. The molecule has 1 fully saturated rings. The molecular formula is C13H22N2O4. The Morgan fingerprint density at radius 1 is 1.47 bits per heavy atom. The molecule has 0 aromatic heterocycles. The van der Waals surface area contributed by atoms with Crippen LogP contribution in [0.2, 0.25) is 0 Å². The molecule has 2 aliphatic heterocycles. The molecule has 0 spiro atoms. The molecule has 0 aliphatic carbocycles. The van der Waals surface area contributed by atoms with Crippen molar-refractivity contribution in [2.75, 3.05) is 20.9 Å². The van der Waals surface area contributed by atoms with Crippen LogP contribution in [-0.4, -0.2) is 56.2 Å². The molecule has 0 radical (unpaired) electrons. The molecule has 0 aromatic carbocycles. The summed E-state index contributed by atoms with van der Waals surface area (Å²) in [5, 5.41) is 2.77. The van der Waals surface area contributed by atoms with Gasteiger partial charge in [-0.1, -0.05) is 6.92 Å². The number of rotatable bonds is 4. The summed E-state index contributed by atoms with van der Waals surface area (Å²) in [5.74, 6) is -0.0721. The Balaban J connectivity index is 2.07. The molecule has 6 heteroatoms. The van der Waals surface area contributed by atoms with Gasteiger partial charge in [-0.25, -0.2) is 0 Å². The largest absolute Gasteiger partial charge is 0.378 e. The highest BCUT2D eigenvalue weighted by molar-refractivity contribution is 5.87. The van der Waals surface area contributed by atoms with E-state index in [0.29, 0.717) is 13.1 Å². The van der Waals surface area contributed by atoms with E-state index in [1.807, 2.05) is 4.90 Å². The van der Waals surface area contributed by atoms with Gasteiger partial charge in [-0.3, -0.25) is 4.79 Å². The highest BCUT2D eigenvalue weighted by atomic mass is 16.6. The zero-order valence-corrected chi connectivity index (χ0v) is 11.7. The first kappa shape index (κ1) is 14.3. The van der Waals surface area contributed by atoms with Crippen molar-refractivity contribution in [3.05, 3.63) is 12.3 Å². The van der Waals surface area contributed by atoms with Crippen molar-refractivity contribution in [2.24, 2.45) is 0 Å². The highest BCUT2D eigenvalue weighted by Gasteiger charge is 2.40. The topological polar surface area (TPSA) is 60.0 Å². The van der Waals surface area contributed by atoms with Gasteiger partial charge in [0.15, 0.2) is 0 Å². The van der Waals surface area contributed by atoms with Crippen LogP contribution in [0, 0.1) is 0 Å². The maximum Gasteiger partial charge on any atom is 0.246 e. The molecule has 1 N–H and O–H groups in total. The molecule has 0 saturated carbocycles. The molecule has 6 nitrogen and oxygen atoms in total. The van der Waals surface area contributed by atoms with E-state index in [4.69, 9.17) is 14.2 Å². The molecule has 2 heterocycles. The smallest absolute Gasteiger partial charge is 0.246 e. The third-order valence-electron chi connectivity index (χ3n) is 3.70. The fourth-order valence-corrected chi connectivity index (χ4v) is 2.63. The minimum atomic E-state index is -0.0989. The number of hydrogen-bond acceptors (Lipinski definition) is 5. The molecule has 1 amide bonds.